The van der Waals surface area contributed by atoms with Crippen LogP contribution in [0.5, 0.6) is 0 Å². The van der Waals surface area contributed by atoms with Crippen molar-refractivity contribution in [1.29, 1.82) is 0 Å². The molecule has 1 aliphatic heterocycles. The van der Waals surface area contributed by atoms with Crippen molar-refractivity contribution in [2.24, 2.45) is 9.98 Å². The Bertz CT molecular complexity index is 3820. The van der Waals surface area contributed by atoms with E-state index in [1.807, 2.05) is 24.3 Å². The van der Waals surface area contributed by atoms with Crippen LogP contribution in [-0.2, 0) is 0 Å². The normalized spacial score (nSPS) is 14.2. The molecule has 1 N–H and O–H groups in total. The van der Waals surface area contributed by atoms with E-state index in [0.29, 0.717) is 5.84 Å². The van der Waals surface area contributed by atoms with Crippen molar-refractivity contribution < 1.29 is 4.42 Å². The van der Waals surface area contributed by atoms with E-state index in [2.05, 4.69) is 203 Å². The highest BCUT2D eigenvalue weighted by molar-refractivity contribution is 6.23. The molecule has 296 valence electrons. The van der Waals surface area contributed by atoms with Gasteiger partial charge in [-0.3, -0.25) is 0 Å². The second-order valence-corrected chi connectivity index (χ2v) is 16.2. The number of rotatable bonds is 6. The van der Waals surface area contributed by atoms with Gasteiger partial charge in [0.1, 0.15) is 23.2 Å². The second-order valence-electron chi connectivity index (χ2n) is 16.2. The fourth-order valence-electron chi connectivity index (χ4n) is 9.70. The predicted molar refractivity (Wildman–Crippen MR) is 260 cm³/mol. The summed E-state index contributed by atoms with van der Waals surface area (Å²) in [4.78, 5) is 10.6. The Labute approximate surface area is 362 Å². The van der Waals surface area contributed by atoms with Crippen LogP contribution in [0.2, 0.25) is 0 Å². The minimum Gasteiger partial charge on any atom is -0.456 e. The number of nitrogens with zero attached hydrogens (tertiary/aromatic N) is 4. The number of para-hydroxylation sites is 3. The molecule has 0 radical (unpaired) electrons. The summed E-state index contributed by atoms with van der Waals surface area (Å²) in [5.41, 5.74) is 13.7. The van der Waals surface area contributed by atoms with Gasteiger partial charge in [-0.15, -0.1) is 0 Å². The molecule has 0 amide bonds. The summed E-state index contributed by atoms with van der Waals surface area (Å²) >= 11 is 0. The molecule has 0 saturated heterocycles. The Morgan fingerprint density at radius 3 is 1.75 bits per heavy atom. The van der Waals surface area contributed by atoms with Gasteiger partial charge in [-0.2, -0.15) is 0 Å². The molecule has 6 heteroatoms. The average molecular weight is 808 g/mol. The zero-order valence-corrected chi connectivity index (χ0v) is 34.0. The molecule has 0 spiro atoms. The lowest BCUT2D eigenvalue weighted by molar-refractivity contribution is 0.668. The number of amidine groups is 2. The highest BCUT2D eigenvalue weighted by Crippen LogP contribution is 2.41. The van der Waals surface area contributed by atoms with E-state index in [9.17, 15) is 0 Å². The van der Waals surface area contributed by atoms with Gasteiger partial charge >= 0.3 is 0 Å². The van der Waals surface area contributed by atoms with Gasteiger partial charge in [0.2, 0.25) is 0 Å². The molecule has 6 nitrogen and oxygen atoms in total. The van der Waals surface area contributed by atoms with Crippen LogP contribution in [0, 0.1) is 0 Å². The van der Waals surface area contributed by atoms with Crippen molar-refractivity contribution in [1.82, 2.24) is 14.5 Å². The topological polar surface area (TPSA) is 59.8 Å². The van der Waals surface area contributed by atoms with E-state index in [1.54, 1.807) is 0 Å². The smallest absolute Gasteiger partial charge is 0.160 e. The predicted octanol–water partition coefficient (Wildman–Crippen LogP) is 13.9. The van der Waals surface area contributed by atoms with E-state index in [4.69, 9.17) is 14.4 Å². The monoisotopic (exact) mass is 807 g/mol. The fourth-order valence-corrected chi connectivity index (χ4v) is 9.70. The number of hydrogen-bond donors (Lipinski definition) is 1. The van der Waals surface area contributed by atoms with Crippen molar-refractivity contribution >= 4 is 77.2 Å². The van der Waals surface area contributed by atoms with Crippen molar-refractivity contribution in [2.45, 2.75) is 6.17 Å². The zero-order chi connectivity index (χ0) is 41.4. The summed E-state index contributed by atoms with van der Waals surface area (Å²) in [5.74, 6) is 1.42. The van der Waals surface area contributed by atoms with Crippen molar-refractivity contribution in [3.8, 4) is 22.5 Å². The summed E-state index contributed by atoms with van der Waals surface area (Å²) in [6.45, 7) is 0. The molecule has 3 aromatic heterocycles. The molecule has 9 aromatic carbocycles. The quantitative estimate of drug-likeness (QED) is 0.182. The van der Waals surface area contributed by atoms with E-state index in [0.717, 1.165) is 78.0 Å². The summed E-state index contributed by atoms with van der Waals surface area (Å²) < 4.78 is 11.5. The van der Waals surface area contributed by atoms with Crippen LogP contribution in [0.15, 0.2) is 227 Å². The van der Waals surface area contributed by atoms with Gasteiger partial charge in [0.15, 0.2) is 5.84 Å². The third-order valence-corrected chi connectivity index (χ3v) is 12.6. The minimum atomic E-state index is -0.336. The fraction of sp³-hybridized carbons (Fsp3) is 0.0175. The number of fused-ring (bicyclic) bond motifs is 9. The largest absolute Gasteiger partial charge is 0.456 e. The van der Waals surface area contributed by atoms with Crippen LogP contribution >= 0.6 is 0 Å². The second kappa shape index (κ2) is 14.0. The van der Waals surface area contributed by atoms with Crippen LogP contribution in [0.1, 0.15) is 22.9 Å². The number of hydrogen-bond acceptors (Lipinski definition) is 4. The molecule has 1 unspecified atom stereocenters. The van der Waals surface area contributed by atoms with Crippen LogP contribution in [-0.4, -0.2) is 20.8 Å². The molecule has 0 aliphatic carbocycles. The van der Waals surface area contributed by atoms with Crippen molar-refractivity contribution in [2.75, 3.05) is 0 Å². The number of benzene rings is 9. The maximum atomic E-state index is 6.78. The molecule has 0 saturated carbocycles. The first kappa shape index (κ1) is 35.3. The van der Waals surface area contributed by atoms with Gasteiger partial charge in [-0.1, -0.05) is 146 Å². The van der Waals surface area contributed by atoms with Gasteiger partial charge < -0.3 is 18.9 Å². The molecule has 12 aromatic rings. The zero-order valence-electron chi connectivity index (χ0n) is 34.0. The van der Waals surface area contributed by atoms with E-state index in [-0.39, 0.29) is 6.17 Å². The van der Waals surface area contributed by atoms with E-state index in [1.165, 1.54) is 32.6 Å². The van der Waals surface area contributed by atoms with Crippen LogP contribution in [0.4, 0.5) is 0 Å². The lowest BCUT2D eigenvalue weighted by atomic mass is 10.0. The molecular formula is C57H37N5O. The molecule has 4 heterocycles. The van der Waals surface area contributed by atoms with Crippen molar-refractivity contribution in [3.05, 3.63) is 229 Å². The number of furan rings is 1. The Balaban J connectivity index is 0.981. The Hall–Kier alpha value is -8.48. The average Bonchev–Trinajstić information content (AvgIpc) is 4.01. The molecule has 1 aliphatic rings. The van der Waals surface area contributed by atoms with Crippen LogP contribution < -0.4 is 5.32 Å². The molecule has 63 heavy (non-hydrogen) atoms. The maximum Gasteiger partial charge on any atom is 0.160 e. The minimum absolute atomic E-state index is 0.336. The van der Waals surface area contributed by atoms with Gasteiger partial charge in [0.25, 0.3) is 0 Å². The Morgan fingerprint density at radius 2 is 1.02 bits per heavy atom. The standard InChI is InChI=1S/C57H37N5O/c1-4-16-36(17-5-1)38-20-14-21-39(32-38)56-58-55(37-18-6-2-7-19-37)59-57(60-56)45-26-15-29-52-54(45)44-31-30-41(33-53(44)63-52)62-49-28-13-11-25-43(49)47-34-50-46(35-51(47)62)42-24-10-12-27-48(42)61(50)40-22-8-3-9-23-40/h1-35,55H,(H,58,59,60). The van der Waals surface area contributed by atoms with Gasteiger partial charge in [0, 0.05) is 60.9 Å². The molecular weight excluding hydrogens is 771 g/mol. The van der Waals surface area contributed by atoms with Gasteiger partial charge in [0.05, 0.1) is 22.1 Å². The number of nitrogens with one attached hydrogen (secondary N) is 1. The SMILES string of the molecule is c1ccc(-c2cccc(C3=NC(c4cccc5oc6cc(-n7c8ccccc8c8cc9c(cc87)c7ccccc7n9-c7ccccc7)ccc6c45)=NC(c4ccccc4)N3)c2)cc1. The van der Waals surface area contributed by atoms with Crippen molar-refractivity contribution in [3.63, 3.8) is 0 Å². The number of aromatic nitrogens is 2. The van der Waals surface area contributed by atoms with Gasteiger partial charge in [-0.25, -0.2) is 9.98 Å². The Kier molecular flexibility index (Phi) is 7.87. The maximum absolute atomic E-state index is 6.78. The number of aliphatic imine (C=N–C) groups is 2. The summed E-state index contributed by atoms with van der Waals surface area (Å²) in [5, 5.41) is 10.5. The third kappa shape index (κ3) is 5.65. The molecule has 1 atom stereocenters. The summed E-state index contributed by atoms with van der Waals surface area (Å²) in [6, 6.07) is 75.0. The lowest BCUT2D eigenvalue weighted by Gasteiger charge is -2.24. The summed E-state index contributed by atoms with van der Waals surface area (Å²) in [7, 11) is 0. The van der Waals surface area contributed by atoms with Crippen LogP contribution in [0.25, 0.3) is 88.1 Å². The van der Waals surface area contributed by atoms with Gasteiger partial charge in [-0.05, 0) is 77.4 Å². The van der Waals surface area contributed by atoms with Crippen LogP contribution in [0.3, 0.4) is 0 Å². The molecule has 13 rings (SSSR count). The first-order valence-electron chi connectivity index (χ1n) is 21.4. The highest BCUT2D eigenvalue weighted by Gasteiger charge is 2.25. The van der Waals surface area contributed by atoms with E-state index < -0.39 is 0 Å². The van der Waals surface area contributed by atoms with E-state index >= 15 is 0 Å². The first-order valence-corrected chi connectivity index (χ1v) is 21.4. The third-order valence-electron chi connectivity index (χ3n) is 12.6. The molecule has 0 fully saturated rings. The first-order chi connectivity index (χ1) is 31.2. The molecule has 0 bridgehead atoms. The lowest BCUT2D eigenvalue weighted by Crippen LogP contribution is -2.33. The Morgan fingerprint density at radius 1 is 0.413 bits per heavy atom. The summed E-state index contributed by atoms with van der Waals surface area (Å²) in [6.07, 6.45) is -0.336. The highest BCUT2D eigenvalue weighted by atomic mass is 16.3.